The van der Waals surface area contributed by atoms with E-state index in [0.29, 0.717) is 0 Å². The SMILES string of the molecule is CCn1ccnc1-c1ncnc2c1CNCC2. The average Bonchev–Trinajstić information content (AvgIpc) is 2.86. The van der Waals surface area contributed by atoms with Crippen LogP contribution in [0.25, 0.3) is 11.5 Å². The van der Waals surface area contributed by atoms with Gasteiger partial charge in [0.05, 0.1) is 5.69 Å². The lowest BCUT2D eigenvalue weighted by Crippen LogP contribution is -2.25. The molecule has 2 aromatic heterocycles. The van der Waals surface area contributed by atoms with Gasteiger partial charge in [0.1, 0.15) is 12.0 Å². The zero-order valence-electron chi connectivity index (χ0n) is 9.85. The molecule has 5 heteroatoms. The second-order valence-electron chi connectivity index (χ2n) is 4.11. The molecule has 0 aliphatic carbocycles. The molecule has 0 spiro atoms. The van der Waals surface area contributed by atoms with Gasteiger partial charge in [-0.25, -0.2) is 15.0 Å². The van der Waals surface area contributed by atoms with Crippen LogP contribution in [-0.4, -0.2) is 26.1 Å². The highest BCUT2D eigenvalue weighted by atomic mass is 15.1. The number of hydrogen-bond acceptors (Lipinski definition) is 4. The number of hydrogen-bond donors (Lipinski definition) is 1. The van der Waals surface area contributed by atoms with Crippen molar-refractivity contribution >= 4 is 0 Å². The van der Waals surface area contributed by atoms with Gasteiger partial charge in [0.25, 0.3) is 0 Å². The first-order valence-electron chi connectivity index (χ1n) is 5.95. The van der Waals surface area contributed by atoms with Gasteiger partial charge in [-0.1, -0.05) is 0 Å². The Kier molecular flexibility index (Phi) is 2.60. The fraction of sp³-hybridized carbons (Fsp3) is 0.417. The molecule has 0 saturated carbocycles. The van der Waals surface area contributed by atoms with Crippen LogP contribution in [0.15, 0.2) is 18.7 Å². The van der Waals surface area contributed by atoms with Crippen LogP contribution in [0.3, 0.4) is 0 Å². The van der Waals surface area contributed by atoms with Gasteiger partial charge in [-0.3, -0.25) is 0 Å². The Bertz CT molecular complexity index is 531. The van der Waals surface area contributed by atoms with E-state index in [1.165, 1.54) is 5.56 Å². The third-order valence-electron chi connectivity index (χ3n) is 3.14. The van der Waals surface area contributed by atoms with Gasteiger partial charge in [0.2, 0.25) is 0 Å². The third kappa shape index (κ3) is 1.72. The van der Waals surface area contributed by atoms with Crippen molar-refractivity contribution in [1.29, 1.82) is 0 Å². The fourth-order valence-corrected chi connectivity index (χ4v) is 2.24. The molecule has 2 aromatic rings. The van der Waals surface area contributed by atoms with Crippen LogP contribution in [0.1, 0.15) is 18.2 Å². The highest BCUT2D eigenvalue weighted by Gasteiger charge is 2.18. The van der Waals surface area contributed by atoms with Crippen LogP contribution in [0.2, 0.25) is 0 Å². The number of imidazole rings is 1. The molecule has 0 unspecified atom stereocenters. The maximum Gasteiger partial charge on any atom is 0.159 e. The molecular weight excluding hydrogens is 214 g/mol. The fourth-order valence-electron chi connectivity index (χ4n) is 2.24. The Morgan fingerprint density at radius 1 is 1.35 bits per heavy atom. The summed E-state index contributed by atoms with van der Waals surface area (Å²) >= 11 is 0. The lowest BCUT2D eigenvalue weighted by molar-refractivity contribution is 0.625. The predicted octanol–water partition coefficient (Wildman–Crippen LogP) is 1.01. The van der Waals surface area contributed by atoms with E-state index in [9.17, 15) is 0 Å². The number of nitrogens with one attached hydrogen (secondary N) is 1. The van der Waals surface area contributed by atoms with Gasteiger partial charge in [-0.05, 0) is 6.92 Å². The Labute approximate surface area is 99.9 Å². The minimum absolute atomic E-state index is 0.835. The van der Waals surface area contributed by atoms with E-state index < -0.39 is 0 Å². The molecule has 0 bridgehead atoms. The summed E-state index contributed by atoms with van der Waals surface area (Å²) in [6.45, 7) is 4.84. The molecule has 0 atom stereocenters. The minimum atomic E-state index is 0.835. The molecule has 1 N–H and O–H groups in total. The Balaban J connectivity index is 2.14. The molecule has 88 valence electrons. The summed E-state index contributed by atoms with van der Waals surface area (Å²) in [5.74, 6) is 0.940. The molecule has 0 radical (unpaired) electrons. The van der Waals surface area contributed by atoms with Gasteiger partial charge < -0.3 is 9.88 Å². The third-order valence-corrected chi connectivity index (χ3v) is 3.14. The van der Waals surface area contributed by atoms with Crippen LogP contribution in [0.4, 0.5) is 0 Å². The maximum atomic E-state index is 4.41. The second kappa shape index (κ2) is 4.25. The highest BCUT2D eigenvalue weighted by Crippen LogP contribution is 2.23. The molecule has 17 heavy (non-hydrogen) atoms. The molecule has 5 nitrogen and oxygen atoms in total. The second-order valence-corrected chi connectivity index (χ2v) is 4.11. The summed E-state index contributed by atoms with van der Waals surface area (Å²) in [5, 5.41) is 3.36. The van der Waals surface area contributed by atoms with Crippen LogP contribution in [0.5, 0.6) is 0 Å². The molecular formula is C12H15N5. The largest absolute Gasteiger partial charge is 0.330 e. The lowest BCUT2D eigenvalue weighted by atomic mass is 10.1. The van der Waals surface area contributed by atoms with Crippen molar-refractivity contribution in [2.24, 2.45) is 0 Å². The van der Waals surface area contributed by atoms with Crippen molar-refractivity contribution < 1.29 is 0 Å². The Hall–Kier alpha value is -1.75. The Morgan fingerprint density at radius 2 is 2.29 bits per heavy atom. The van der Waals surface area contributed by atoms with E-state index in [-0.39, 0.29) is 0 Å². The van der Waals surface area contributed by atoms with E-state index >= 15 is 0 Å². The molecule has 0 saturated heterocycles. The van der Waals surface area contributed by atoms with Crippen molar-refractivity contribution in [2.75, 3.05) is 6.54 Å². The van der Waals surface area contributed by atoms with Crippen LogP contribution in [-0.2, 0) is 19.5 Å². The monoisotopic (exact) mass is 229 g/mol. The Morgan fingerprint density at radius 3 is 3.18 bits per heavy atom. The number of fused-ring (bicyclic) bond motifs is 1. The molecule has 3 heterocycles. The van der Waals surface area contributed by atoms with Crippen molar-refractivity contribution in [3.63, 3.8) is 0 Å². The van der Waals surface area contributed by atoms with Gasteiger partial charge >= 0.3 is 0 Å². The molecule has 3 rings (SSSR count). The van der Waals surface area contributed by atoms with Gasteiger partial charge in [0.15, 0.2) is 5.82 Å². The smallest absolute Gasteiger partial charge is 0.159 e. The summed E-state index contributed by atoms with van der Waals surface area (Å²) in [6, 6.07) is 0. The van der Waals surface area contributed by atoms with Gasteiger partial charge in [-0.2, -0.15) is 0 Å². The number of rotatable bonds is 2. The molecule has 1 aliphatic heterocycles. The molecule has 0 fully saturated rings. The number of aromatic nitrogens is 4. The van der Waals surface area contributed by atoms with Crippen LogP contribution in [0, 0.1) is 0 Å². The highest BCUT2D eigenvalue weighted by molar-refractivity contribution is 5.56. The standard InChI is InChI=1S/C12H15N5/c1-2-17-6-5-14-12(17)11-9-7-13-4-3-10(9)15-8-16-11/h5-6,8,13H,2-4,7H2,1H3. The van der Waals surface area contributed by atoms with E-state index in [1.54, 1.807) is 6.33 Å². The van der Waals surface area contributed by atoms with E-state index in [4.69, 9.17) is 0 Å². The van der Waals surface area contributed by atoms with Crippen LogP contribution < -0.4 is 5.32 Å². The summed E-state index contributed by atoms with van der Waals surface area (Å²) in [4.78, 5) is 13.2. The summed E-state index contributed by atoms with van der Waals surface area (Å²) in [6.07, 6.45) is 6.43. The first kappa shape index (κ1) is 10.4. The van der Waals surface area contributed by atoms with E-state index in [2.05, 4.69) is 31.8 Å². The van der Waals surface area contributed by atoms with Crippen molar-refractivity contribution in [3.05, 3.63) is 30.0 Å². The average molecular weight is 229 g/mol. The van der Waals surface area contributed by atoms with Crippen molar-refractivity contribution in [2.45, 2.75) is 26.4 Å². The van der Waals surface area contributed by atoms with E-state index in [0.717, 1.165) is 43.3 Å². The van der Waals surface area contributed by atoms with E-state index in [1.807, 2.05) is 12.4 Å². The predicted molar refractivity (Wildman–Crippen MR) is 64.3 cm³/mol. The topological polar surface area (TPSA) is 55.6 Å². The van der Waals surface area contributed by atoms with Gasteiger partial charge in [0, 0.05) is 44.0 Å². The zero-order valence-corrected chi connectivity index (χ0v) is 9.85. The zero-order chi connectivity index (χ0) is 11.7. The van der Waals surface area contributed by atoms with Crippen molar-refractivity contribution in [3.8, 4) is 11.5 Å². The minimum Gasteiger partial charge on any atom is -0.330 e. The first-order valence-corrected chi connectivity index (χ1v) is 5.95. The maximum absolute atomic E-state index is 4.41. The lowest BCUT2D eigenvalue weighted by Gasteiger charge is -2.18. The normalized spacial score (nSPS) is 14.6. The summed E-state index contributed by atoms with van der Waals surface area (Å²) in [7, 11) is 0. The molecule has 0 aromatic carbocycles. The molecule has 1 aliphatic rings. The summed E-state index contributed by atoms with van der Waals surface area (Å²) in [5.41, 5.74) is 3.31. The number of aryl methyl sites for hydroxylation is 1. The summed E-state index contributed by atoms with van der Waals surface area (Å²) < 4.78 is 2.11. The molecule has 0 amide bonds. The van der Waals surface area contributed by atoms with Crippen LogP contribution >= 0.6 is 0 Å². The van der Waals surface area contributed by atoms with Gasteiger partial charge in [-0.15, -0.1) is 0 Å². The quantitative estimate of drug-likeness (QED) is 0.835. The first-order chi connectivity index (χ1) is 8.40. The van der Waals surface area contributed by atoms with Crippen molar-refractivity contribution in [1.82, 2.24) is 24.8 Å². The number of nitrogens with zero attached hydrogens (tertiary/aromatic N) is 4.